The van der Waals surface area contributed by atoms with Gasteiger partial charge in [-0.2, -0.15) is 0 Å². The lowest BCUT2D eigenvalue weighted by Gasteiger charge is -2.36. The standard InChI is InChI=1S/C20H26FN3O3S/c1-12-9-13(2)11-24(10-12)19(25)15(4)28-20-23-22-18(27-20)14(3)26-17-8-6-5-7-16(17)21/h5-8,12-15H,9-11H2,1-4H3/t12-,13+,14-,15+/m0/s1. The quantitative estimate of drug-likeness (QED) is 0.664. The van der Waals surface area contributed by atoms with Gasteiger partial charge in [0.25, 0.3) is 11.1 Å². The summed E-state index contributed by atoms with van der Waals surface area (Å²) < 4.78 is 24.9. The van der Waals surface area contributed by atoms with Crippen LogP contribution in [0.4, 0.5) is 4.39 Å². The SMILES string of the molecule is C[C@@H]1C[C@H](C)CN(C(=O)[C@@H](C)Sc2nnc([C@H](C)Oc3ccccc3F)o2)C1. The number of carbonyl (C=O) groups is 1. The van der Waals surface area contributed by atoms with Crippen LogP contribution < -0.4 is 4.74 Å². The molecule has 1 amide bonds. The van der Waals surface area contributed by atoms with E-state index in [1.165, 1.54) is 17.8 Å². The number of carbonyl (C=O) groups excluding carboxylic acids is 1. The highest BCUT2D eigenvalue weighted by Gasteiger charge is 2.30. The van der Waals surface area contributed by atoms with Crippen LogP contribution in [0.2, 0.25) is 0 Å². The average Bonchev–Trinajstić information content (AvgIpc) is 3.10. The molecular formula is C20H26FN3O3S. The van der Waals surface area contributed by atoms with Crippen molar-refractivity contribution in [3.05, 3.63) is 36.0 Å². The van der Waals surface area contributed by atoms with Crippen LogP contribution in [0.3, 0.4) is 0 Å². The van der Waals surface area contributed by atoms with Crippen LogP contribution >= 0.6 is 11.8 Å². The third kappa shape index (κ3) is 5.04. The van der Waals surface area contributed by atoms with E-state index in [0.29, 0.717) is 17.1 Å². The van der Waals surface area contributed by atoms with Gasteiger partial charge >= 0.3 is 0 Å². The Kier molecular flexibility index (Phi) is 6.59. The molecule has 1 saturated heterocycles. The summed E-state index contributed by atoms with van der Waals surface area (Å²) in [5.41, 5.74) is 0. The number of para-hydroxylation sites is 1. The monoisotopic (exact) mass is 407 g/mol. The molecule has 8 heteroatoms. The highest BCUT2D eigenvalue weighted by atomic mass is 32.2. The van der Waals surface area contributed by atoms with Crippen molar-refractivity contribution in [1.29, 1.82) is 0 Å². The van der Waals surface area contributed by atoms with Gasteiger partial charge in [-0.05, 0) is 44.2 Å². The van der Waals surface area contributed by atoms with Crippen molar-refractivity contribution in [2.75, 3.05) is 13.1 Å². The average molecular weight is 408 g/mol. The van der Waals surface area contributed by atoms with Crippen molar-refractivity contribution in [1.82, 2.24) is 15.1 Å². The maximum absolute atomic E-state index is 13.7. The molecule has 4 atom stereocenters. The van der Waals surface area contributed by atoms with E-state index in [4.69, 9.17) is 9.15 Å². The Morgan fingerprint density at radius 1 is 1.25 bits per heavy atom. The Bertz CT molecular complexity index is 805. The number of aromatic nitrogens is 2. The topological polar surface area (TPSA) is 68.5 Å². The molecule has 2 heterocycles. The Balaban J connectivity index is 1.59. The van der Waals surface area contributed by atoms with E-state index in [-0.39, 0.29) is 22.8 Å². The second kappa shape index (κ2) is 8.94. The van der Waals surface area contributed by atoms with Gasteiger partial charge in [0.15, 0.2) is 17.7 Å². The molecular weight excluding hydrogens is 381 g/mol. The molecule has 1 aliphatic heterocycles. The van der Waals surface area contributed by atoms with Crippen molar-refractivity contribution < 1.29 is 18.3 Å². The number of benzene rings is 1. The number of amides is 1. The fourth-order valence-electron chi connectivity index (χ4n) is 3.52. The fourth-order valence-corrected chi connectivity index (χ4v) is 4.29. The van der Waals surface area contributed by atoms with E-state index in [2.05, 4.69) is 24.0 Å². The van der Waals surface area contributed by atoms with Gasteiger partial charge in [-0.3, -0.25) is 4.79 Å². The number of hydrogen-bond donors (Lipinski definition) is 0. The van der Waals surface area contributed by atoms with Gasteiger partial charge in [0, 0.05) is 13.1 Å². The Labute approximate surface area is 168 Å². The highest BCUT2D eigenvalue weighted by Crippen LogP contribution is 2.29. The minimum absolute atomic E-state index is 0.0822. The zero-order valence-electron chi connectivity index (χ0n) is 16.6. The van der Waals surface area contributed by atoms with Crippen molar-refractivity contribution in [3.63, 3.8) is 0 Å². The van der Waals surface area contributed by atoms with Crippen LogP contribution in [-0.2, 0) is 4.79 Å². The van der Waals surface area contributed by atoms with Crippen LogP contribution in [0.25, 0.3) is 0 Å². The van der Waals surface area contributed by atoms with Crippen LogP contribution in [0.5, 0.6) is 5.75 Å². The first-order valence-corrected chi connectivity index (χ1v) is 10.4. The van der Waals surface area contributed by atoms with Crippen molar-refractivity contribution in [2.45, 2.75) is 50.7 Å². The smallest absolute Gasteiger partial charge is 0.277 e. The number of rotatable bonds is 6. The first-order valence-electron chi connectivity index (χ1n) is 9.53. The number of hydrogen-bond acceptors (Lipinski definition) is 6. The Morgan fingerprint density at radius 2 is 1.93 bits per heavy atom. The van der Waals surface area contributed by atoms with Gasteiger partial charge in [0.2, 0.25) is 5.91 Å². The zero-order chi connectivity index (χ0) is 20.3. The first-order chi connectivity index (χ1) is 13.3. The minimum Gasteiger partial charge on any atom is -0.478 e. The molecule has 0 saturated carbocycles. The van der Waals surface area contributed by atoms with Crippen LogP contribution in [0, 0.1) is 17.7 Å². The van der Waals surface area contributed by atoms with E-state index in [9.17, 15) is 9.18 Å². The summed E-state index contributed by atoms with van der Waals surface area (Å²) in [6.45, 7) is 9.48. The van der Waals surface area contributed by atoms with Gasteiger partial charge in [0.05, 0.1) is 5.25 Å². The second-order valence-corrected chi connectivity index (χ2v) is 8.84. The van der Waals surface area contributed by atoms with E-state index in [1.807, 2.05) is 11.8 Å². The van der Waals surface area contributed by atoms with Crippen LogP contribution in [0.15, 0.2) is 33.9 Å². The minimum atomic E-state index is -0.603. The molecule has 1 aliphatic rings. The normalized spacial score (nSPS) is 22.0. The van der Waals surface area contributed by atoms with Gasteiger partial charge < -0.3 is 14.1 Å². The second-order valence-electron chi connectivity index (χ2n) is 7.55. The number of thioether (sulfide) groups is 1. The van der Waals surface area contributed by atoms with E-state index in [0.717, 1.165) is 19.5 Å². The van der Waals surface area contributed by atoms with E-state index in [1.54, 1.807) is 25.1 Å². The molecule has 0 bridgehead atoms. The molecule has 0 spiro atoms. The lowest BCUT2D eigenvalue weighted by atomic mass is 9.92. The Hall–Kier alpha value is -2.09. The van der Waals surface area contributed by atoms with Crippen molar-refractivity contribution in [3.8, 4) is 5.75 Å². The molecule has 1 aromatic heterocycles. The van der Waals surface area contributed by atoms with E-state index >= 15 is 0 Å². The summed E-state index contributed by atoms with van der Waals surface area (Å²) >= 11 is 1.23. The molecule has 2 aromatic rings. The molecule has 6 nitrogen and oxygen atoms in total. The molecule has 152 valence electrons. The van der Waals surface area contributed by atoms with Gasteiger partial charge in [0.1, 0.15) is 0 Å². The molecule has 0 N–H and O–H groups in total. The van der Waals surface area contributed by atoms with Crippen molar-refractivity contribution >= 4 is 17.7 Å². The number of ether oxygens (including phenoxy) is 1. The summed E-state index contributed by atoms with van der Waals surface area (Å²) in [6, 6.07) is 6.15. The van der Waals surface area contributed by atoms with Crippen LogP contribution in [-0.4, -0.2) is 39.3 Å². The molecule has 1 fully saturated rings. The highest BCUT2D eigenvalue weighted by molar-refractivity contribution is 8.00. The molecule has 0 radical (unpaired) electrons. The Morgan fingerprint density at radius 3 is 2.61 bits per heavy atom. The number of nitrogens with zero attached hydrogens (tertiary/aromatic N) is 3. The molecule has 3 rings (SSSR count). The van der Waals surface area contributed by atoms with Gasteiger partial charge in [-0.15, -0.1) is 10.2 Å². The van der Waals surface area contributed by atoms with Gasteiger partial charge in [-0.25, -0.2) is 4.39 Å². The lowest BCUT2D eigenvalue weighted by molar-refractivity contribution is -0.132. The lowest BCUT2D eigenvalue weighted by Crippen LogP contribution is -2.45. The summed E-state index contributed by atoms with van der Waals surface area (Å²) in [5, 5.41) is 7.96. The number of halogens is 1. The zero-order valence-corrected chi connectivity index (χ0v) is 17.4. The molecule has 1 aromatic carbocycles. The van der Waals surface area contributed by atoms with Gasteiger partial charge in [-0.1, -0.05) is 37.7 Å². The maximum Gasteiger partial charge on any atom is 0.277 e. The predicted octanol–water partition coefficient (Wildman–Crippen LogP) is 4.33. The molecule has 0 unspecified atom stereocenters. The number of likely N-dealkylation sites (tertiary alicyclic amines) is 1. The summed E-state index contributed by atoms with van der Waals surface area (Å²) in [7, 11) is 0. The maximum atomic E-state index is 13.7. The first kappa shape index (κ1) is 20.6. The summed E-state index contributed by atoms with van der Waals surface area (Å²) in [4.78, 5) is 14.7. The van der Waals surface area contributed by atoms with Crippen LogP contribution in [0.1, 0.15) is 46.1 Å². The molecule has 28 heavy (non-hydrogen) atoms. The van der Waals surface area contributed by atoms with Crippen molar-refractivity contribution in [2.24, 2.45) is 11.8 Å². The summed E-state index contributed by atoms with van der Waals surface area (Å²) in [5.74, 6) is 1.02. The summed E-state index contributed by atoms with van der Waals surface area (Å²) in [6.07, 6.45) is 0.548. The predicted molar refractivity (Wildman–Crippen MR) is 105 cm³/mol. The fraction of sp³-hybridized carbons (Fsp3) is 0.550. The molecule has 0 aliphatic carbocycles. The third-order valence-corrected chi connectivity index (χ3v) is 5.64. The number of piperidine rings is 1. The third-order valence-electron chi connectivity index (χ3n) is 4.72. The van der Waals surface area contributed by atoms with E-state index < -0.39 is 11.9 Å². The largest absolute Gasteiger partial charge is 0.478 e.